The molecule has 150 valence electrons. The minimum absolute atomic E-state index is 0.0115. The Morgan fingerprint density at radius 1 is 1.14 bits per heavy atom. The molecule has 0 radical (unpaired) electrons. The van der Waals surface area contributed by atoms with Gasteiger partial charge in [-0.25, -0.2) is 0 Å². The largest absolute Gasteiger partial charge is 0.368 e. The third kappa shape index (κ3) is 3.02. The molecule has 1 aliphatic carbocycles. The van der Waals surface area contributed by atoms with Crippen LogP contribution in [0.2, 0.25) is 5.02 Å². The molecule has 1 saturated carbocycles. The second kappa shape index (κ2) is 7.11. The van der Waals surface area contributed by atoms with E-state index in [0.717, 1.165) is 50.8 Å². The van der Waals surface area contributed by atoms with E-state index in [0.29, 0.717) is 22.5 Å². The van der Waals surface area contributed by atoms with Gasteiger partial charge in [-0.1, -0.05) is 11.6 Å². The highest BCUT2D eigenvalue weighted by Gasteiger charge is 2.46. The fourth-order valence-electron chi connectivity index (χ4n) is 6.02. The number of amides is 1. The van der Waals surface area contributed by atoms with Gasteiger partial charge >= 0.3 is 0 Å². The molecular formula is C22H24ClN5O. The van der Waals surface area contributed by atoms with Crippen LogP contribution in [0.4, 0.5) is 5.69 Å². The first-order chi connectivity index (χ1) is 14.1. The molecule has 3 aliphatic heterocycles. The summed E-state index contributed by atoms with van der Waals surface area (Å²) >= 11 is 6.52. The number of carbonyl (C=O) groups excluding carboxylic acids is 1. The van der Waals surface area contributed by atoms with Crippen LogP contribution < -0.4 is 10.2 Å². The molecule has 7 heteroatoms. The Hall–Kier alpha value is -2.44. The summed E-state index contributed by atoms with van der Waals surface area (Å²) < 4.78 is 0. The van der Waals surface area contributed by atoms with E-state index in [1.54, 1.807) is 0 Å². The lowest BCUT2D eigenvalue weighted by molar-refractivity contribution is 0.0928. The number of anilines is 1. The normalized spacial score (nSPS) is 34.7. The van der Waals surface area contributed by atoms with Gasteiger partial charge in [-0.15, -0.1) is 0 Å². The molecule has 0 spiro atoms. The molecule has 4 aliphatic rings. The molecule has 1 aromatic carbocycles. The number of fused-ring (bicyclic) bond motifs is 4. The fraction of sp³-hybridized carbons (Fsp3) is 0.591. The molecule has 1 amide bonds. The maximum Gasteiger partial charge on any atom is 0.253 e. The van der Waals surface area contributed by atoms with E-state index in [-0.39, 0.29) is 30.0 Å². The predicted octanol–water partition coefficient (Wildman–Crippen LogP) is 3.28. The third-order valence-corrected chi connectivity index (χ3v) is 7.80. The number of benzene rings is 1. The van der Waals surface area contributed by atoms with Crippen LogP contribution in [0.1, 0.15) is 48.9 Å². The first-order valence-corrected chi connectivity index (χ1v) is 10.9. The summed E-state index contributed by atoms with van der Waals surface area (Å²) in [4.78, 5) is 17.0. The third-order valence-electron chi connectivity index (χ3n) is 7.49. The highest BCUT2D eigenvalue weighted by atomic mass is 35.5. The zero-order chi connectivity index (χ0) is 20.1. The van der Waals surface area contributed by atoms with Crippen LogP contribution in [-0.4, -0.2) is 41.5 Å². The van der Waals surface area contributed by atoms with Gasteiger partial charge in [-0.05, 0) is 62.6 Å². The Labute approximate surface area is 176 Å². The molecule has 1 N–H and O–H groups in total. The number of hydrogen-bond acceptors (Lipinski definition) is 5. The fourth-order valence-corrected chi connectivity index (χ4v) is 6.29. The van der Waals surface area contributed by atoms with E-state index >= 15 is 0 Å². The standard InChI is InChI=1S/C22H24ClN5O/c23-19-8-16(27-11-14-7-15(27)2-1-13(14)10-24)3-5-18(19)22(29)26-20-9-17-4-6-21(20)28(17)12-25/h3,5,8,13-15,17,20-21H,1-2,4,6-7,9,11H2,(H,26,29)/t13-,14?,15?,17+,20-,21-/m1/s1. The molecule has 29 heavy (non-hydrogen) atoms. The lowest BCUT2D eigenvalue weighted by Crippen LogP contribution is -2.43. The number of nitrogens with zero attached hydrogens (tertiary/aromatic N) is 4. The van der Waals surface area contributed by atoms with Crippen molar-refractivity contribution in [3.63, 3.8) is 0 Å². The van der Waals surface area contributed by atoms with Crippen LogP contribution in [0.5, 0.6) is 0 Å². The average Bonchev–Trinajstić information content (AvgIpc) is 3.38. The molecular weight excluding hydrogens is 386 g/mol. The van der Waals surface area contributed by atoms with Crippen molar-refractivity contribution in [2.45, 2.75) is 62.7 Å². The molecule has 5 rings (SSSR count). The Balaban J connectivity index is 1.29. The maximum atomic E-state index is 12.8. The second-order valence-electron chi connectivity index (χ2n) is 8.90. The highest BCUT2D eigenvalue weighted by molar-refractivity contribution is 6.34. The van der Waals surface area contributed by atoms with E-state index in [1.807, 2.05) is 23.1 Å². The van der Waals surface area contributed by atoms with Crippen molar-refractivity contribution in [1.82, 2.24) is 10.2 Å². The Morgan fingerprint density at radius 2 is 1.97 bits per heavy atom. The maximum absolute atomic E-state index is 12.8. The molecule has 0 aromatic heterocycles. The second-order valence-corrected chi connectivity index (χ2v) is 9.31. The van der Waals surface area contributed by atoms with Gasteiger partial charge in [0, 0.05) is 24.3 Å². The molecule has 4 fully saturated rings. The Morgan fingerprint density at radius 3 is 2.69 bits per heavy atom. The molecule has 4 bridgehead atoms. The number of nitriles is 2. The quantitative estimate of drug-likeness (QED) is 0.774. The van der Waals surface area contributed by atoms with Crippen LogP contribution in [-0.2, 0) is 0 Å². The first-order valence-electron chi connectivity index (χ1n) is 10.5. The van der Waals surface area contributed by atoms with E-state index in [2.05, 4.69) is 22.5 Å². The van der Waals surface area contributed by atoms with Gasteiger partial charge in [-0.2, -0.15) is 10.5 Å². The summed E-state index contributed by atoms with van der Waals surface area (Å²) in [6.07, 6.45) is 8.17. The van der Waals surface area contributed by atoms with E-state index < -0.39 is 0 Å². The van der Waals surface area contributed by atoms with Gasteiger partial charge in [0.2, 0.25) is 0 Å². The van der Waals surface area contributed by atoms with Crippen LogP contribution in [0.15, 0.2) is 18.2 Å². The first kappa shape index (κ1) is 18.6. The van der Waals surface area contributed by atoms with Gasteiger partial charge in [-0.3, -0.25) is 4.79 Å². The van der Waals surface area contributed by atoms with Crippen molar-refractivity contribution in [2.24, 2.45) is 11.8 Å². The SMILES string of the molecule is N#C[C@H]1CCC2CC1CN2c1ccc(C(=O)N[C@@H]2C[C@@H]3CC[C@H]2N3C#N)c(Cl)c1. The van der Waals surface area contributed by atoms with Gasteiger partial charge in [0.25, 0.3) is 5.91 Å². The van der Waals surface area contributed by atoms with Crippen molar-refractivity contribution < 1.29 is 4.79 Å². The summed E-state index contributed by atoms with van der Waals surface area (Å²) in [6.45, 7) is 0.889. The Kier molecular flexibility index (Phi) is 4.56. The molecule has 2 unspecified atom stereocenters. The summed E-state index contributed by atoms with van der Waals surface area (Å²) in [5.41, 5.74) is 1.52. The van der Waals surface area contributed by atoms with Crippen molar-refractivity contribution in [1.29, 1.82) is 10.5 Å². The van der Waals surface area contributed by atoms with Crippen LogP contribution in [0.25, 0.3) is 0 Å². The lowest BCUT2D eigenvalue weighted by atomic mass is 9.81. The average molecular weight is 410 g/mol. The molecule has 6 nitrogen and oxygen atoms in total. The summed E-state index contributed by atoms with van der Waals surface area (Å²) in [7, 11) is 0. The number of nitrogens with one attached hydrogen (secondary N) is 1. The Bertz CT molecular complexity index is 921. The van der Waals surface area contributed by atoms with Crippen LogP contribution in [0, 0.1) is 34.6 Å². The van der Waals surface area contributed by atoms with Crippen molar-refractivity contribution in [2.75, 3.05) is 11.4 Å². The zero-order valence-corrected chi connectivity index (χ0v) is 17.0. The van der Waals surface area contributed by atoms with E-state index in [4.69, 9.17) is 11.6 Å². The summed E-state index contributed by atoms with van der Waals surface area (Å²) in [5, 5.41) is 22.2. The smallest absolute Gasteiger partial charge is 0.253 e. The number of rotatable bonds is 3. The van der Waals surface area contributed by atoms with Crippen molar-refractivity contribution in [3.05, 3.63) is 28.8 Å². The van der Waals surface area contributed by atoms with Gasteiger partial charge in [0.1, 0.15) is 0 Å². The van der Waals surface area contributed by atoms with Gasteiger partial charge in [0.15, 0.2) is 6.19 Å². The number of halogens is 1. The topological polar surface area (TPSA) is 83.2 Å². The summed E-state index contributed by atoms with van der Waals surface area (Å²) in [5.74, 6) is 0.426. The molecule has 6 atom stereocenters. The number of carbonyl (C=O) groups is 1. The highest BCUT2D eigenvalue weighted by Crippen LogP contribution is 2.42. The zero-order valence-electron chi connectivity index (χ0n) is 16.2. The monoisotopic (exact) mass is 409 g/mol. The minimum atomic E-state index is -0.165. The van der Waals surface area contributed by atoms with Gasteiger partial charge < -0.3 is 15.1 Å². The molecule has 3 heterocycles. The van der Waals surface area contributed by atoms with Crippen LogP contribution >= 0.6 is 11.6 Å². The van der Waals surface area contributed by atoms with Gasteiger partial charge in [0.05, 0.1) is 34.7 Å². The van der Waals surface area contributed by atoms with E-state index in [1.165, 1.54) is 0 Å². The van der Waals surface area contributed by atoms with Crippen molar-refractivity contribution in [3.8, 4) is 12.3 Å². The molecule has 3 saturated heterocycles. The predicted molar refractivity (Wildman–Crippen MR) is 109 cm³/mol. The van der Waals surface area contributed by atoms with Crippen molar-refractivity contribution >= 4 is 23.2 Å². The lowest BCUT2D eigenvalue weighted by Gasteiger charge is -2.27. The molecule has 1 aromatic rings. The van der Waals surface area contributed by atoms with Crippen LogP contribution in [0.3, 0.4) is 0 Å². The van der Waals surface area contributed by atoms with E-state index in [9.17, 15) is 15.3 Å². The summed E-state index contributed by atoms with van der Waals surface area (Å²) in [6, 6.07) is 9.00. The minimum Gasteiger partial charge on any atom is -0.368 e. The number of hydrogen-bond donors (Lipinski definition) is 1.